The molecule has 0 amide bonds. The fourth-order valence-electron chi connectivity index (χ4n) is 4.68. The normalized spacial score (nSPS) is 46.9. The third-order valence-corrected chi connectivity index (χ3v) is 4.77. The van der Waals surface area contributed by atoms with Crippen molar-refractivity contribution in [2.45, 2.75) is 38.5 Å². The number of hydrogen-bond donors (Lipinski definition) is 0. The van der Waals surface area contributed by atoms with Gasteiger partial charge in [0.15, 0.2) is 0 Å². The van der Waals surface area contributed by atoms with Crippen LogP contribution in [0.4, 0.5) is 4.79 Å². The van der Waals surface area contributed by atoms with Gasteiger partial charge in [0.2, 0.25) is 0 Å². The highest BCUT2D eigenvalue weighted by molar-refractivity contribution is 6.61. The minimum atomic E-state index is -0.634. The smallest absolute Gasteiger partial charge is 0.403 e. The fourth-order valence-corrected chi connectivity index (χ4v) is 4.73. The molecular formula is C12H17ClO2. The highest BCUT2D eigenvalue weighted by Crippen LogP contribution is 2.60. The fraction of sp³-hybridized carbons (Fsp3) is 0.917. The van der Waals surface area contributed by atoms with Crippen molar-refractivity contribution < 1.29 is 9.53 Å². The quantitative estimate of drug-likeness (QED) is 0.676. The molecule has 3 heteroatoms. The third kappa shape index (κ3) is 1.77. The van der Waals surface area contributed by atoms with Crippen molar-refractivity contribution in [1.29, 1.82) is 0 Å². The summed E-state index contributed by atoms with van der Waals surface area (Å²) in [7, 11) is 0. The summed E-state index contributed by atoms with van der Waals surface area (Å²) >= 11 is 5.26. The first kappa shape index (κ1) is 9.95. The SMILES string of the molecule is O=C(Cl)OCC12CC3CC(CC(C3)C1)C2. The Morgan fingerprint density at radius 3 is 2.00 bits per heavy atom. The maximum Gasteiger partial charge on any atom is 0.403 e. The average Bonchev–Trinajstić information content (AvgIpc) is 2.12. The van der Waals surface area contributed by atoms with Crippen LogP contribution in [-0.2, 0) is 4.74 Å². The Kier molecular flexibility index (Phi) is 2.24. The summed E-state index contributed by atoms with van der Waals surface area (Å²) in [6, 6.07) is 0. The summed E-state index contributed by atoms with van der Waals surface area (Å²) in [6.45, 7) is 0.568. The molecule has 0 spiro atoms. The zero-order valence-electron chi connectivity index (χ0n) is 8.88. The van der Waals surface area contributed by atoms with Crippen molar-refractivity contribution in [2.75, 3.05) is 6.61 Å². The molecule has 15 heavy (non-hydrogen) atoms. The molecule has 0 aliphatic heterocycles. The third-order valence-electron chi connectivity index (χ3n) is 4.66. The van der Waals surface area contributed by atoms with Crippen LogP contribution in [-0.4, -0.2) is 12.0 Å². The molecule has 0 aromatic heterocycles. The standard InChI is InChI=1S/C12H17ClO2/c13-11(14)15-7-12-4-8-1-9(5-12)3-10(2-8)6-12/h8-10H,1-7H2. The van der Waals surface area contributed by atoms with Crippen LogP contribution in [0.3, 0.4) is 0 Å². The van der Waals surface area contributed by atoms with E-state index in [1.807, 2.05) is 0 Å². The molecule has 0 atom stereocenters. The van der Waals surface area contributed by atoms with Crippen LogP contribution in [0.2, 0.25) is 0 Å². The molecule has 0 unspecified atom stereocenters. The summed E-state index contributed by atoms with van der Waals surface area (Å²) in [5.74, 6) is 2.72. The largest absolute Gasteiger partial charge is 0.453 e. The van der Waals surface area contributed by atoms with Gasteiger partial charge in [-0.05, 0) is 56.3 Å². The topological polar surface area (TPSA) is 26.3 Å². The van der Waals surface area contributed by atoms with Crippen molar-refractivity contribution in [1.82, 2.24) is 0 Å². The first-order valence-corrected chi connectivity index (χ1v) is 6.35. The predicted octanol–water partition coefficient (Wildman–Crippen LogP) is 3.58. The number of hydrogen-bond acceptors (Lipinski definition) is 2. The molecule has 0 aromatic carbocycles. The average molecular weight is 229 g/mol. The predicted molar refractivity (Wildman–Crippen MR) is 57.8 cm³/mol. The number of carbonyl (C=O) groups excluding carboxylic acids is 1. The molecule has 0 radical (unpaired) electrons. The molecule has 4 aliphatic carbocycles. The van der Waals surface area contributed by atoms with Gasteiger partial charge in [0.1, 0.15) is 0 Å². The molecular weight excluding hydrogens is 212 g/mol. The summed E-state index contributed by atoms with van der Waals surface area (Å²) in [5.41, 5.74) is -0.329. The second-order valence-electron chi connectivity index (χ2n) is 5.94. The minimum Gasteiger partial charge on any atom is -0.453 e. The Morgan fingerprint density at radius 2 is 1.60 bits per heavy atom. The van der Waals surface area contributed by atoms with Gasteiger partial charge in [0, 0.05) is 17.0 Å². The lowest BCUT2D eigenvalue weighted by atomic mass is 9.50. The Bertz CT molecular complexity index is 252. The molecule has 0 N–H and O–H groups in total. The lowest BCUT2D eigenvalue weighted by Crippen LogP contribution is -2.48. The molecule has 0 saturated heterocycles. The highest BCUT2D eigenvalue weighted by Gasteiger charge is 2.51. The Labute approximate surface area is 95.3 Å². The first-order chi connectivity index (χ1) is 7.15. The molecule has 4 fully saturated rings. The van der Waals surface area contributed by atoms with E-state index in [1.165, 1.54) is 38.5 Å². The highest BCUT2D eigenvalue weighted by atomic mass is 35.5. The Morgan fingerprint density at radius 1 is 1.13 bits per heavy atom. The van der Waals surface area contributed by atoms with E-state index >= 15 is 0 Å². The van der Waals surface area contributed by atoms with Gasteiger partial charge in [-0.15, -0.1) is 0 Å². The maximum atomic E-state index is 10.7. The molecule has 4 bridgehead atoms. The van der Waals surface area contributed by atoms with Gasteiger partial charge < -0.3 is 4.74 Å². The molecule has 84 valence electrons. The Balaban J connectivity index is 1.72. The van der Waals surface area contributed by atoms with E-state index in [-0.39, 0.29) is 0 Å². The number of halogens is 1. The summed E-state index contributed by atoms with van der Waals surface area (Å²) in [6.07, 6.45) is 8.08. The van der Waals surface area contributed by atoms with Crippen molar-refractivity contribution in [3.8, 4) is 0 Å². The Hall–Kier alpha value is -0.240. The zero-order chi connectivity index (χ0) is 10.5. The van der Waals surface area contributed by atoms with Gasteiger partial charge in [-0.2, -0.15) is 0 Å². The van der Waals surface area contributed by atoms with Crippen molar-refractivity contribution in [3.63, 3.8) is 0 Å². The van der Waals surface area contributed by atoms with Crippen LogP contribution in [0.15, 0.2) is 0 Å². The van der Waals surface area contributed by atoms with Gasteiger partial charge in [-0.25, -0.2) is 4.79 Å². The van der Waals surface area contributed by atoms with Gasteiger partial charge in [0.05, 0.1) is 6.61 Å². The lowest BCUT2D eigenvalue weighted by molar-refractivity contribution is -0.0797. The molecule has 0 aromatic rings. The van der Waals surface area contributed by atoms with Gasteiger partial charge in [-0.3, -0.25) is 0 Å². The van der Waals surface area contributed by atoms with Crippen LogP contribution in [0.5, 0.6) is 0 Å². The monoisotopic (exact) mass is 228 g/mol. The van der Waals surface area contributed by atoms with E-state index in [0.717, 1.165) is 17.8 Å². The molecule has 0 heterocycles. The van der Waals surface area contributed by atoms with Crippen molar-refractivity contribution in [2.24, 2.45) is 23.2 Å². The first-order valence-electron chi connectivity index (χ1n) is 5.97. The second kappa shape index (κ2) is 3.38. The van der Waals surface area contributed by atoms with Gasteiger partial charge in [-0.1, -0.05) is 0 Å². The number of rotatable bonds is 2. The lowest BCUT2D eigenvalue weighted by Gasteiger charge is -2.56. The summed E-state index contributed by atoms with van der Waals surface area (Å²) in [4.78, 5) is 10.7. The van der Waals surface area contributed by atoms with Crippen LogP contribution in [0, 0.1) is 23.2 Å². The zero-order valence-corrected chi connectivity index (χ0v) is 9.63. The van der Waals surface area contributed by atoms with E-state index in [9.17, 15) is 4.79 Å². The number of carbonyl (C=O) groups is 1. The minimum absolute atomic E-state index is 0.305. The van der Waals surface area contributed by atoms with Crippen LogP contribution < -0.4 is 0 Å². The second-order valence-corrected chi connectivity index (χ2v) is 6.25. The molecule has 4 rings (SSSR count). The van der Waals surface area contributed by atoms with E-state index < -0.39 is 5.43 Å². The van der Waals surface area contributed by atoms with Crippen LogP contribution in [0.1, 0.15) is 38.5 Å². The van der Waals surface area contributed by atoms with Crippen LogP contribution >= 0.6 is 11.6 Å². The summed E-state index contributed by atoms with van der Waals surface area (Å²) < 4.78 is 5.05. The molecule has 4 saturated carbocycles. The maximum absolute atomic E-state index is 10.7. The number of ether oxygens (including phenoxy) is 1. The van der Waals surface area contributed by atoms with E-state index in [4.69, 9.17) is 16.3 Å². The van der Waals surface area contributed by atoms with Crippen molar-refractivity contribution in [3.05, 3.63) is 0 Å². The van der Waals surface area contributed by atoms with Crippen molar-refractivity contribution >= 4 is 17.0 Å². The molecule has 4 aliphatic rings. The van der Waals surface area contributed by atoms with E-state index in [0.29, 0.717) is 12.0 Å². The van der Waals surface area contributed by atoms with E-state index in [1.54, 1.807) is 0 Å². The van der Waals surface area contributed by atoms with Gasteiger partial charge in [0.25, 0.3) is 0 Å². The molecule has 2 nitrogen and oxygen atoms in total. The van der Waals surface area contributed by atoms with E-state index in [2.05, 4.69) is 0 Å². The van der Waals surface area contributed by atoms with Crippen LogP contribution in [0.25, 0.3) is 0 Å². The summed E-state index contributed by atoms with van der Waals surface area (Å²) in [5, 5.41) is 0. The van der Waals surface area contributed by atoms with Gasteiger partial charge >= 0.3 is 5.43 Å².